The highest BCUT2D eigenvalue weighted by molar-refractivity contribution is 5.12. The van der Waals surface area contributed by atoms with Crippen molar-refractivity contribution in [3.05, 3.63) is 0 Å². The molecule has 1 saturated heterocycles. The number of rotatable bonds is 7. The lowest BCUT2D eigenvalue weighted by atomic mass is 9.51. The van der Waals surface area contributed by atoms with Crippen molar-refractivity contribution in [1.29, 1.82) is 0 Å². The molecule has 1 heterocycles. The average molecular weight is 283 g/mol. The summed E-state index contributed by atoms with van der Waals surface area (Å²) in [5, 5.41) is 13.1. The lowest BCUT2D eigenvalue weighted by Gasteiger charge is -2.61. The van der Waals surface area contributed by atoms with E-state index in [4.69, 9.17) is 9.47 Å². The van der Waals surface area contributed by atoms with Gasteiger partial charge in [0, 0.05) is 43.2 Å². The summed E-state index contributed by atoms with van der Waals surface area (Å²) in [6.07, 6.45) is 7.56. The van der Waals surface area contributed by atoms with Crippen molar-refractivity contribution in [2.75, 3.05) is 33.0 Å². The molecule has 3 fully saturated rings. The predicted octanol–water partition coefficient (Wildman–Crippen LogP) is 1.71. The molecule has 116 valence electrons. The molecule has 3 unspecified atom stereocenters. The SMILES string of the molecule is CCOC1CC(NCC2(CCO)CCOC2)C12CCC2. The minimum Gasteiger partial charge on any atom is -0.396 e. The highest BCUT2D eigenvalue weighted by Crippen LogP contribution is 2.57. The van der Waals surface area contributed by atoms with Gasteiger partial charge in [-0.2, -0.15) is 0 Å². The van der Waals surface area contributed by atoms with Crippen LogP contribution in [0.2, 0.25) is 0 Å². The Bertz CT molecular complexity index is 324. The molecule has 2 N–H and O–H groups in total. The molecular weight excluding hydrogens is 254 g/mol. The summed E-state index contributed by atoms with van der Waals surface area (Å²) in [5.74, 6) is 0. The fourth-order valence-corrected chi connectivity index (χ4v) is 4.38. The number of hydrogen-bond acceptors (Lipinski definition) is 4. The number of nitrogens with one attached hydrogen (secondary N) is 1. The van der Waals surface area contributed by atoms with Crippen LogP contribution in [0.15, 0.2) is 0 Å². The smallest absolute Gasteiger partial charge is 0.0661 e. The number of hydrogen-bond donors (Lipinski definition) is 2. The molecule has 2 saturated carbocycles. The first-order valence-electron chi connectivity index (χ1n) is 8.28. The van der Waals surface area contributed by atoms with Gasteiger partial charge in [-0.05, 0) is 39.0 Å². The van der Waals surface area contributed by atoms with Crippen molar-refractivity contribution in [3.8, 4) is 0 Å². The van der Waals surface area contributed by atoms with Crippen molar-refractivity contribution < 1.29 is 14.6 Å². The lowest BCUT2D eigenvalue weighted by molar-refractivity contribution is -0.174. The predicted molar refractivity (Wildman–Crippen MR) is 77.7 cm³/mol. The van der Waals surface area contributed by atoms with Gasteiger partial charge in [0.1, 0.15) is 0 Å². The van der Waals surface area contributed by atoms with Crippen molar-refractivity contribution in [2.24, 2.45) is 10.8 Å². The van der Waals surface area contributed by atoms with Crippen LogP contribution in [0.25, 0.3) is 0 Å². The summed E-state index contributed by atoms with van der Waals surface area (Å²) >= 11 is 0. The van der Waals surface area contributed by atoms with Gasteiger partial charge >= 0.3 is 0 Å². The Morgan fingerprint density at radius 1 is 1.35 bits per heavy atom. The van der Waals surface area contributed by atoms with Crippen LogP contribution in [0.3, 0.4) is 0 Å². The Balaban J connectivity index is 1.53. The van der Waals surface area contributed by atoms with Gasteiger partial charge in [0.05, 0.1) is 12.7 Å². The van der Waals surface area contributed by atoms with E-state index in [1.165, 1.54) is 19.3 Å². The third-order valence-electron chi connectivity index (χ3n) is 5.99. The van der Waals surface area contributed by atoms with E-state index in [1.807, 2.05) is 0 Å². The number of aliphatic hydroxyl groups excluding tert-OH is 1. The molecule has 2 aliphatic carbocycles. The first-order chi connectivity index (χ1) is 9.75. The van der Waals surface area contributed by atoms with Crippen molar-refractivity contribution in [2.45, 2.75) is 57.6 Å². The minimum absolute atomic E-state index is 0.163. The van der Waals surface area contributed by atoms with Crippen LogP contribution in [0.5, 0.6) is 0 Å². The molecule has 4 nitrogen and oxygen atoms in total. The Labute approximate surface area is 122 Å². The Morgan fingerprint density at radius 2 is 2.20 bits per heavy atom. The first-order valence-corrected chi connectivity index (χ1v) is 8.28. The standard InChI is InChI=1S/C16H29NO3/c1-2-20-14-10-13(16(14)4-3-5-16)17-11-15(6-8-18)7-9-19-12-15/h13-14,17-18H,2-12H2,1H3. The van der Waals surface area contributed by atoms with E-state index in [2.05, 4.69) is 12.2 Å². The summed E-state index contributed by atoms with van der Waals surface area (Å²) in [5.41, 5.74) is 0.590. The van der Waals surface area contributed by atoms with E-state index >= 15 is 0 Å². The van der Waals surface area contributed by atoms with Crippen molar-refractivity contribution >= 4 is 0 Å². The first kappa shape index (κ1) is 14.8. The van der Waals surface area contributed by atoms with Gasteiger partial charge in [0.2, 0.25) is 0 Å². The fraction of sp³-hybridized carbons (Fsp3) is 1.00. The van der Waals surface area contributed by atoms with E-state index in [-0.39, 0.29) is 12.0 Å². The highest BCUT2D eigenvalue weighted by atomic mass is 16.5. The van der Waals surface area contributed by atoms with E-state index in [0.717, 1.165) is 45.6 Å². The quantitative estimate of drug-likeness (QED) is 0.747. The molecule has 0 aromatic carbocycles. The second kappa shape index (κ2) is 5.91. The Kier molecular flexibility index (Phi) is 4.37. The van der Waals surface area contributed by atoms with Crippen LogP contribution < -0.4 is 5.32 Å². The lowest BCUT2D eigenvalue weighted by Crippen LogP contribution is -2.67. The summed E-state index contributed by atoms with van der Waals surface area (Å²) in [7, 11) is 0. The van der Waals surface area contributed by atoms with Gasteiger partial charge in [-0.1, -0.05) is 6.42 Å². The van der Waals surface area contributed by atoms with Gasteiger partial charge in [-0.15, -0.1) is 0 Å². The zero-order chi connectivity index (χ0) is 14.1. The maximum Gasteiger partial charge on any atom is 0.0661 e. The third kappa shape index (κ3) is 2.41. The normalized spacial score (nSPS) is 38.7. The molecule has 4 heteroatoms. The molecule has 20 heavy (non-hydrogen) atoms. The largest absolute Gasteiger partial charge is 0.396 e. The fourth-order valence-electron chi connectivity index (χ4n) is 4.38. The Hall–Kier alpha value is -0.160. The average Bonchev–Trinajstić information content (AvgIpc) is 2.80. The summed E-state index contributed by atoms with van der Waals surface area (Å²) in [4.78, 5) is 0. The highest BCUT2D eigenvalue weighted by Gasteiger charge is 2.58. The molecule has 0 bridgehead atoms. The summed E-state index contributed by atoms with van der Waals surface area (Å²) in [6.45, 7) is 5.83. The molecule has 0 aromatic heterocycles. The van der Waals surface area contributed by atoms with Crippen LogP contribution in [0.4, 0.5) is 0 Å². The second-order valence-electron chi connectivity index (χ2n) is 6.98. The van der Waals surface area contributed by atoms with E-state index < -0.39 is 0 Å². The molecule has 1 spiro atoms. The molecule has 3 aliphatic rings. The molecular formula is C16H29NO3. The second-order valence-corrected chi connectivity index (χ2v) is 6.98. The van der Waals surface area contributed by atoms with Gasteiger partial charge in [0.15, 0.2) is 0 Å². The maximum absolute atomic E-state index is 9.30. The topological polar surface area (TPSA) is 50.7 Å². The summed E-state index contributed by atoms with van der Waals surface area (Å²) < 4.78 is 11.5. The van der Waals surface area contributed by atoms with Gasteiger partial charge < -0.3 is 19.9 Å². The zero-order valence-corrected chi connectivity index (χ0v) is 12.7. The molecule has 1 aliphatic heterocycles. The molecule has 0 radical (unpaired) electrons. The summed E-state index contributed by atoms with van der Waals surface area (Å²) in [6, 6.07) is 0.615. The molecule has 0 amide bonds. The third-order valence-corrected chi connectivity index (χ3v) is 5.99. The molecule has 3 atom stereocenters. The molecule has 0 aromatic rings. The number of aliphatic hydroxyl groups is 1. The van der Waals surface area contributed by atoms with Crippen molar-refractivity contribution in [3.63, 3.8) is 0 Å². The minimum atomic E-state index is 0.163. The van der Waals surface area contributed by atoms with Gasteiger partial charge in [-0.3, -0.25) is 0 Å². The Morgan fingerprint density at radius 3 is 2.75 bits per heavy atom. The van der Waals surface area contributed by atoms with Crippen LogP contribution in [0, 0.1) is 10.8 Å². The maximum atomic E-state index is 9.30. The zero-order valence-electron chi connectivity index (χ0n) is 12.7. The van der Waals surface area contributed by atoms with Gasteiger partial charge in [-0.25, -0.2) is 0 Å². The monoisotopic (exact) mass is 283 g/mol. The van der Waals surface area contributed by atoms with E-state index in [1.54, 1.807) is 0 Å². The van der Waals surface area contributed by atoms with E-state index in [0.29, 0.717) is 17.6 Å². The molecule has 3 rings (SSSR count). The van der Waals surface area contributed by atoms with Crippen LogP contribution >= 0.6 is 0 Å². The van der Waals surface area contributed by atoms with Crippen LogP contribution in [-0.4, -0.2) is 50.2 Å². The van der Waals surface area contributed by atoms with Gasteiger partial charge in [0.25, 0.3) is 0 Å². The van der Waals surface area contributed by atoms with E-state index in [9.17, 15) is 5.11 Å². The van der Waals surface area contributed by atoms with Crippen LogP contribution in [-0.2, 0) is 9.47 Å². The number of ether oxygens (including phenoxy) is 2. The van der Waals surface area contributed by atoms with Crippen LogP contribution in [0.1, 0.15) is 45.4 Å². The van der Waals surface area contributed by atoms with Crippen molar-refractivity contribution in [1.82, 2.24) is 5.32 Å².